The highest BCUT2D eigenvalue weighted by molar-refractivity contribution is 14.0. The molecule has 0 aromatic carbocycles. The molecule has 0 aromatic heterocycles. The Balaban J connectivity index is 0.00000300. The maximum Gasteiger partial charge on any atom is 0.322 e. The Morgan fingerprint density at radius 3 is 2.48 bits per heavy atom. The molecule has 3 saturated heterocycles. The van der Waals surface area contributed by atoms with Crippen molar-refractivity contribution in [3.05, 3.63) is 0 Å². The third kappa shape index (κ3) is 5.32. The van der Waals surface area contributed by atoms with Crippen molar-refractivity contribution in [1.82, 2.24) is 25.8 Å². The van der Waals surface area contributed by atoms with Gasteiger partial charge < -0.3 is 20.3 Å². The first-order valence-corrected chi connectivity index (χ1v) is 10.2. The third-order valence-corrected chi connectivity index (χ3v) is 6.38. The van der Waals surface area contributed by atoms with Crippen LogP contribution in [0.3, 0.4) is 0 Å². The normalized spacial score (nSPS) is 28.6. The van der Waals surface area contributed by atoms with Crippen LogP contribution in [0, 0.1) is 5.92 Å². The lowest BCUT2D eigenvalue weighted by molar-refractivity contribution is -0.125. The van der Waals surface area contributed by atoms with Gasteiger partial charge >= 0.3 is 6.03 Å². The molecule has 0 saturated carbocycles. The molecular weight excluding hydrogens is 487 g/mol. The van der Waals surface area contributed by atoms with Crippen molar-refractivity contribution in [3.63, 3.8) is 0 Å². The van der Waals surface area contributed by atoms with Crippen molar-refractivity contribution in [1.29, 1.82) is 0 Å². The number of aliphatic imine (C=N–C) groups is 1. The maximum atomic E-state index is 12.2. The molecule has 10 heteroatoms. The van der Waals surface area contributed by atoms with E-state index < -0.39 is 11.6 Å². The molecule has 3 aliphatic rings. The number of hydrogen-bond donors (Lipinski definition) is 3. The van der Waals surface area contributed by atoms with E-state index in [2.05, 4.69) is 44.6 Å². The maximum absolute atomic E-state index is 12.2. The number of piperidine rings is 1. The number of hydrogen-bond acceptors (Lipinski definition) is 5. The Hall–Kier alpha value is -1.14. The molecule has 9 nitrogen and oxygen atoms in total. The number of nitrogens with one attached hydrogen (secondary N) is 3. The zero-order chi connectivity index (χ0) is 20.4. The summed E-state index contributed by atoms with van der Waals surface area (Å²) in [5, 5.41) is 8.65. The van der Waals surface area contributed by atoms with Crippen LogP contribution in [0.1, 0.15) is 33.6 Å². The van der Waals surface area contributed by atoms with Gasteiger partial charge in [-0.25, -0.2) is 4.79 Å². The predicted molar refractivity (Wildman–Crippen MR) is 123 cm³/mol. The van der Waals surface area contributed by atoms with E-state index in [0.29, 0.717) is 0 Å². The number of carbonyl (C=O) groups excluding carboxylic acids is 2. The first-order valence-electron chi connectivity index (χ1n) is 10.2. The summed E-state index contributed by atoms with van der Waals surface area (Å²) in [7, 11) is 1.80. The largest absolute Gasteiger partial charge is 0.378 e. The van der Waals surface area contributed by atoms with Gasteiger partial charge in [0, 0.05) is 45.3 Å². The van der Waals surface area contributed by atoms with Crippen LogP contribution in [0.25, 0.3) is 0 Å². The molecule has 3 amide bonds. The van der Waals surface area contributed by atoms with E-state index in [9.17, 15) is 9.59 Å². The molecule has 0 spiro atoms. The molecule has 166 valence electrons. The van der Waals surface area contributed by atoms with E-state index in [1.807, 2.05) is 6.92 Å². The molecule has 1 atom stereocenters. The van der Waals surface area contributed by atoms with Crippen LogP contribution in [-0.4, -0.2) is 91.8 Å². The summed E-state index contributed by atoms with van der Waals surface area (Å²) in [6, 6.07) is -0.390. The van der Waals surface area contributed by atoms with Gasteiger partial charge in [0.25, 0.3) is 5.91 Å². The Bertz CT molecular complexity index is 635. The van der Waals surface area contributed by atoms with E-state index >= 15 is 0 Å². The molecular formula is C19H35IN6O3. The fourth-order valence-electron chi connectivity index (χ4n) is 4.45. The highest BCUT2D eigenvalue weighted by Crippen LogP contribution is 2.30. The zero-order valence-electron chi connectivity index (χ0n) is 17.9. The van der Waals surface area contributed by atoms with Gasteiger partial charge in [-0.3, -0.25) is 20.0 Å². The SMILES string of the molecule is CN=C(NCCN1CCOCC1(C)C)N1CCC(C2(C)NC(=O)NC2=O)CC1.I. The van der Waals surface area contributed by atoms with Crippen molar-refractivity contribution >= 4 is 41.9 Å². The van der Waals surface area contributed by atoms with Crippen LogP contribution in [-0.2, 0) is 9.53 Å². The van der Waals surface area contributed by atoms with Crippen molar-refractivity contribution < 1.29 is 14.3 Å². The number of halogens is 1. The molecule has 3 fully saturated rings. The molecule has 1 unspecified atom stereocenters. The molecule has 3 N–H and O–H groups in total. The first-order chi connectivity index (χ1) is 13.3. The summed E-state index contributed by atoms with van der Waals surface area (Å²) in [6.07, 6.45) is 1.67. The van der Waals surface area contributed by atoms with E-state index in [1.54, 1.807) is 7.05 Å². The van der Waals surface area contributed by atoms with Gasteiger partial charge in [-0.1, -0.05) is 0 Å². The molecule has 0 radical (unpaired) electrons. The quantitative estimate of drug-likeness (QED) is 0.217. The number of urea groups is 1. The number of rotatable bonds is 4. The van der Waals surface area contributed by atoms with Crippen molar-refractivity contribution in [2.45, 2.75) is 44.7 Å². The van der Waals surface area contributed by atoms with Crippen LogP contribution in [0.15, 0.2) is 4.99 Å². The average Bonchev–Trinajstić information content (AvgIpc) is 2.93. The second-order valence-corrected chi connectivity index (χ2v) is 8.70. The van der Waals surface area contributed by atoms with E-state index in [1.165, 1.54) is 0 Å². The molecule has 29 heavy (non-hydrogen) atoms. The second-order valence-electron chi connectivity index (χ2n) is 8.70. The Morgan fingerprint density at radius 2 is 1.93 bits per heavy atom. The van der Waals surface area contributed by atoms with Crippen molar-refractivity contribution in [2.24, 2.45) is 10.9 Å². The number of imide groups is 1. The topological polar surface area (TPSA) is 98.3 Å². The molecule has 3 rings (SSSR count). The molecule has 0 aromatic rings. The number of ether oxygens (including phenoxy) is 1. The number of guanidine groups is 1. The highest BCUT2D eigenvalue weighted by atomic mass is 127. The van der Waals surface area contributed by atoms with Gasteiger partial charge in [-0.05, 0) is 39.5 Å². The first kappa shape index (κ1) is 24.1. The number of amides is 3. The van der Waals surface area contributed by atoms with E-state index in [4.69, 9.17) is 4.74 Å². The molecule has 0 aliphatic carbocycles. The summed E-state index contributed by atoms with van der Waals surface area (Å²) >= 11 is 0. The minimum atomic E-state index is -0.804. The highest BCUT2D eigenvalue weighted by Gasteiger charge is 2.48. The zero-order valence-corrected chi connectivity index (χ0v) is 20.2. The smallest absolute Gasteiger partial charge is 0.322 e. The number of morpholine rings is 1. The van der Waals surface area contributed by atoms with Crippen LogP contribution >= 0.6 is 24.0 Å². The van der Waals surface area contributed by atoms with Crippen molar-refractivity contribution in [2.75, 3.05) is 53.0 Å². The lowest BCUT2D eigenvalue weighted by Crippen LogP contribution is -2.57. The summed E-state index contributed by atoms with van der Waals surface area (Å²) in [6.45, 7) is 12.1. The van der Waals surface area contributed by atoms with Gasteiger partial charge in [-0.2, -0.15) is 0 Å². The molecule has 3 aliphatic heterocycles. The van der Waals surface area contributed by atoms with Gasteiger partial charge in [0.15, 0.2) is 5.96 Å². The lowest BCUT2D eigenvalue weighted by Gasteiger charge is -2.42. The van der Waals surface area contributed by atoms with Crippen LogP contribution in [0.4, 0.5) is 4.79 Å². The van der Waals surface area contributed by atoms with Gasteiger partial charge in [-0.15, -0.1) is 24.0 Å². The number of carbonyl (C=O) groups is 2. The van der Waals surface area contributed by atoms with Crippen LogP contribution in [0.2, 0.25) is 0 Å². The molecule has 0 bridgehead atoms. The fraction of sp³-hybridized carbons (Fsp3) is 0.842. The average molecular weight is 522 g/mol. The van der Waals surface area contributed by atoms with E-state index in [-0.39, 0.29) is 41.3 Å². The Morgan fingerprint density at radius 1 is 1.24 bits per heavy atom. The minimum absolute atomic E-state index is 0. The lowest BCUT2D eigenvalue weighted by atomic mass is 9.79. The number of nitrogens with zero attached hydrogens (tertiary/aromatic N) is 3. The number of likely N-dealkylation sites (tertiary alicyclic amines) is 1. The molecule has 3 heterocycles. The third-order valence-electron chi connectivity index (χ3n) is 6.38. The second kappa shape index (κ2) is 9.78. The minimum Gasteiger partial charge on any atom is -0.378 e. The van der Waals surface area contributed by atoms with E-state index in [0.717, 1.165) is 64.7 Å². The summed E-state index contributed by atoms with van der Waals surface area (Å²) < 4.78 is 5.58. The Labute approximate surface area is 190 Å². The van der Waals surface area contributed by atoms with Gasteiger partial charge in [0.05, 0.1) is 13.2 Å². The summed E-state index contributed by atoms with van der Waals surface area (Å²) in [4.78, 5) is 32.8. The summed E-state index contributed by atoms with van der Waals surface area (Å²) in [5.41, 5.74) is -0.744. The van der Waals surface area contributed by atoms with Crippen molar-refractivity contribution in [3.8, 4) is 0 Å². The van der Waals surface area contributed by atoms with Crippen LogP contribution < -0.4 is 16.0 Å². The Kier molecular flexibility index (Phi) is 8.14. The fourth-order valence-corrected chi connectivity index (χ4v) is 4.45. The monoisotopic (exact) mass is 522 g/mol. The standard InChI is InChI=1S/C19H34N6O3.HI/c1-18(2)13-28-12-11-25(18)10-7-21-16(20-4)24-8-5-14(6-9-24)19(3)15(26)22-17(27)23-19;/h14H,5-13H2,1-4H3,(H,20,21)(H2,22,23,26,27);1H. The predicted octanol–water partition coefficient (Wildman–Crippen LogP) is 0.601. The van der Waals surface area contributed by atoms with Crippen LogP contribution in [0.5, 0.6) is 0 Å². The van der Waals surface area contributed by atoms with Gasteiger partial charge in [0.1, 0.15) is 5.54 Å². The van der Waals surface area contributed by atoms with Gasteiger partial charge in [0.2, 0.25) is 0 Å². The summed E-state index contributed by atoms with van der Waals surface area (Å²) in [5.74, 6) is 0.809.